The van der Waals surface area contributed by atoms with Crippen LogP contribution in [0, 0.1) is 5.41 Å². The predicted octanol–water partition coefficient (Wildman–Crippen LogP) is 3.61. The Morgan fingerprint density at radius 3 is 2.24 bits per heavy atom. The second kappa shape index (κ2) is 4.82. The monoisotopic (exact) mass is 232 g/mol. The molecule has 0 bridgehead atoms. The molecule has 1 aliphatic rings. The van der Waals surface area contributed by atoms with Crippen LogP contribution < -0.4 is 0 Å². The van der Waals surface area contributed by atoms with Gasteiger partial charge in [0.2, 0.25) is 0 Å². The highest BCUT2D eigenvalue weighted by Gasteiger charge is 2.50. The molecular formula is C15H20O2. The van der Waals surface area contributed by atoms with E-state index in [1.807, 2.05) is 45.0 Å². The zero-order valence-corrected chi connectivity index (χ0v) is 11.2. The molecule has 92 valence electrons. The lowest BCUT2D eigenvalue weighted by molar-refractivity contribution is -0.123. The largest absolute Gasteiger partial charge is 0.299 e. The molecule has 0 saturated heterocycles. The van der Waals surface area contributed by atoms with Crippen LogP contribution in [0.15, 0.2) is 24.3 Å². The summed E-state index contributed by atoms with van der Waals surface area (Å²) in [7, 11) is 0. The smallest absolute Gasteiger partial charge is 0.176 e. The minimum absolute atomic E-state index is 0.0151. The Bertz CT molecular complexity index is 448. The highest BCUT2D eigenvalue weighted by atomic mass is 16.2. The van der Waals surface area contributed by atoms with E-state index in [4.69, 9.17) is 0 Å². The van der Waals surface area contributed by atoms with Gasteiger partial charge in [-0.2, -0.15) is 0 Å². The van der Waals surface area contributed by atoms with Crippen molar-refractivity contribution in [2.24, 2.45) is 5.41 Å². The van der Waals surface area contributed by atoms with Gasteiger partial charge < -0.3 is 0 Å². The fraction of sp³-hybridized carbons (Fsp3) is 0.467. The van der Waals surface area contributed by atoms with Crippen LogP contribution in [-0.2, 0) is 4.79 Å². The molecule has 0 radical (unpaired) electrons. The van der Waals surface area contributed by atoms with Crippen LogP contribution in [-0.4, -0.2) is 11.6 Å². The Labute approximate surface area is 103 Å². The molecule has 0 saturated carbocycles. The lowest BCUT2D eigenvalue weighted by Crippen LogP contribution is -2.34. The van der Waals surface area contributed by atoms with Crippen LogP contribution in [0.4, 0.5) is 0 Å². The molecule has 2 nitrogen and oxygen atoms in total. The molecular weight excluding hydrogens is 212 g/mol. The first-order chi connectivity index (χ1) is 7.99. The number of Topliss-reactive ketones (excluding diaryl/α,β-unsaturated/α-hetero) is 2. The predicted molar refractivity (Wildman–Crippen MR) is 69.3 cm³/mol. The summed E-state index contributed by atoms with van der Waals surface area (Å²) in [4.78, 5) is 23.8. The van der Waals surface area contributed by atoms with Crippen molar-refractivity contribution < 1.29 is 9.59 Å². The Hall–Kier alpha value is -1.44. The average Bonchev–Trinajstić information content (AvgIpc) is 2.56. The number of ketones is 2. The van der Waals surface area contributed by atoms with E-state index >= 15 is 0 Å². The van der Waals surface area contributed by atoms with Crippen molar-refractivity contribution in [2.45, 2.75) is 40.5 Å². The Balaban J connectivity index is 0.000000686. The summed E-state index contributed by atoms with van der Waals surface area (Å²) in [6, 6.07) is 7.50. The topological polar surface area (TPSA) is 34.1 Å². The van der Waals surface area contributed by atoms with Gasteiger partial charge in [-0.25, -0.2) is 0 Å². The van der Waals surface area contributed by atoms with Gasteiger partial charge in [-0.3, -0.25) is 9.59 Å². The van der Waals surface area contributed by atoms with Crippen molar-refractivity contribution in [1.82, 2.24) is 0 Å². The van der Waals surface area contributed by atoms with E-state index in [1.54, 1.807) is 6.92 Å². The van der Waals surface area contributed by atoms with Gasteiger partial charge in [0.1, 0.15) is 5.78 Å². The number of carbonyl (C=O) groups excluding carboxylic acids is 2. The lowest BCUT2D eigenvalue weighted by atomic mass is 9.75. The maximum absolute atomic E-state index is 12.1. The summed E-state index contributed by atoms with van der Waals surface area (Å²) in [5.74, 6) is -0.0898. The van der Waals surface area contributed by atoms with E-state index in [9.17, 15) is 9.59 Å². The molecule has 0 aromatic heterocycles. The zero-order chi connectivity index (χ0) is 13.2. The van der Waals surface area contributed by atoms with Gasteiger partial charge in [0.25, 0.3) is 0 Å². The third-order valence-electron chi connectivity index (χ3n) is 3.74. The fourth-order valence-corrected chi connectivity index (χ4v) is 2.33. The molecule has 1 aliphatic carbocycles. The van der Waals surface area contributed by atoms with Crippen molar-refractivity contribution in [3.8, 4) is 0 Å². The van der Waals surface area contributed by atoms with E-state index in [0.29, 0.717) is 5.56 Å². The van der Waals surface area contributed by atoms with Crippen LogP contribution >= 0.6 is 0 Å². The minimum atomic E-state index is -0.857. The van der Waals surface area contributed by atoms with E-state index in [-0.39, 0.29) is 17.5 Å². The van der Waals surface area contributed by atoms with Crippen LogP contribution in [0.5, 0.6) is 0 Å². The SMILES string of the molecule is CC.CC(=O)C1(C)C(=O)c2ccccc2C1C. The average molecular weight is 232 g/mol. The normalized spacial score (nSPS) is 25.9. The molecule has 2 unspecified atom stereocenters. The number of benzene rings is 1. The first-order valence-electron chi connectivity index (χ1n) is 6.14. The van der Waals surface area contributed by atoms with Gasteiger partial charge in [0.15, 0.2) is 5.78 Å². The van der Waals surface area contributed by atoms with E-state index in [2.05, 4.69) is 0 Å². The summed E-state index contributed by atoms with van der Waals surface area (Å²) < 4.78 is 0. The number of hydrogen-bond acceptors (Lipinski definition) is 2. The number of rotatable bonds is 1. The molecule has 0 spiro atoms. The summed E-state index contributed by atoms with van der Waals surface area (Å²) in [5, 5.41) is 0. The zero-order valence-electron chi connectivity index (χ0n) is 11.2. The molecule has 0 heterocycles. The molecule has 17 heavy (non-hydrogen) atoms. The summed E-state index contributed by atoms with van der Waals surface area (Å²) >= 11 is 0. The first kappa shape index (κ1) is 13.6. The summed E-state index contributed by atoms with van der Waals surface area (Å²) in [6.07, 6.45) is 0. The second-order valence-corrected chi connectivity index (χ2v) is 4.40. The van der Waals surface area contributed by atoms with Crippen LogP contribution in [0.25, 0.3) is 0 Å². The minimum Gasteiger partial charge on any atom is -0.299 e. The first-order valence-corrected chi connectivity index (χ1v) is 6.14. The molecule has 1 aromatic rings. The molecule has 0 fully saturated rings. The quantitative estimate of drug-likeness (QED) is 0.693. The Kier molecular flexibility index (Phi) is 3.87. The standard InChI is InChI=1S/C13H14O2.C2H6/c1-8-10-6-4-5-7-11(10)12(15)13(8,3)9(2)14;1-2/h4-8H,1-3H3;1-2H3. The van der Waals surface area contributed by atoms with Gasteiger partial charge in [0, 0.05) is 11.5 Å². The van der Waals surface area contributed by atoms with Crippen LogP contribution in [0.1, 0.15) is 56.5 Å². The van der Waals surface area contributed by atoms with Crippen molar-refractivity contribution in [1.29, 1.82) is 0 Å². The van der Waals surface area contributed by atoms with Gasteiger partial charge in [-0.1, -0.05) is 45.0 Å². The molecule has 0 amide bonds. The van der Waals surface area contributed by atoms with Gasteiger partial charge in [-0.05, 0) is 19.4 Å². The maximum Gasteiger partial charge on any atom is 0.176 e. The van der Waals surface area contributed by atoms with Crippen LogP contribution in [0.3, 0.4) is 0 Å². The summed E-state index contributed by atoms with van der Waals surface area (Å²) in [5.41, 5.74) is 0.854. The molecule has 0 N–H and O–H groups in total. The Morgan fingerprint density at radius 1 is 1.24 bits per heavy atom. The second-order valence-electron chi connectivity index (χ2n) is 4.40. The third kappa shape index (κ3) is 1.82. The highest BCUT2D eigenvalue weighted by Crippen LogP contribution is 2.46. The van der Waals surface area contributed by atoms with E-state index < -0.39 is 5.41 Å². The summed E-state index contributed by atoms with van der Waals surface area (Å²) in [6.45, 7) is 9.20. The Morgan fingerprint density at radius 2 is 1.76 bits per heavy atom. The van der Waals surface area contributed by atoms with Gasteiger partial charge in [0.05, 0.1) is 5.41 Å². The lowest BCUT2D eigenvalue weighted by Gasteiger charge is -2.24. The maximum atomic E-state index is 12.1. The molecule has 2 rings (SSSR count). The van der Waals surface area contributed by atoms with Gasteiger partial charge >= 0.3 is 0 Å². The molecule has 1 aromatic carbocycles. The van der Waals surface area contributed by atoms with E-state index in [0.717, 1.165) is 5.56 Å². The van der Waals surface area contributed by atoms with Crippen molar-refractivity contribution in [2.75, 3.05) is 0 Å². The van der Waals surface area contributed by atoms with Crippen molar-refractivity contribution in [3.63, 3.8) is 0 Å². The number of fused-ring (bicyclic) bond motifs is 1. The molecule has 0 aliphatic heterocycles. The van der Waals surface area contributed by atoms with E-state index in [1.165, 1.54) is 6.92 Å². The fourth-order valence-electron chi connectivity index (χ4n) is 2.33. The third-order valence-corrected chi connectivity index (χ3v) is 3.74. The molecule has 2 heteroatoms. The van der Waals surface area contributed by atoms with Gasteiger partial charge in [-0.15, -0.1) is 0 Å². The van der Waals surface area contributed by atoms with Crippen LogP contribution in [0.2, 0.25) is 0 Å². The number of hydrogen-bond donors (Lipinski definition) is 0. The highest BCUT2D eigenvalue weighted by molar-refractivity contribution is 6.17. The molecule has 2 atom stereocenters. The van der Waals surface area contributed by atoms with Crippen molar-refractivity contribution >= 4 is 11.6 Å². The number of carbonyl (C=O) groups is 2. The van der Waals surface area contributed by atoms with Crippen molar-refractivity contribution in [3.05, 3.63) is 35.4 Å².